The van der Waals surface area contributed by atoms with Crippen LogP contribution in [0.15, 0.2) is 0 Å². The first-order valence-corrected chi connectivity index (χ1v) is 5.65. The van der Waals surface area contributed by atoms with Crippen LogP contribution in [0.1, 0.15) is 5.56 Å². The van der Waals surface area contributed by atoms with Crippen molar-refractivity contribution in [1.82, 2.24) is 0 Å². The SMILES string of the molecule is Cc1c(N)c(N)c(N)c(NI)c1I. The summed E-state index contributed by atoms with van der Waals surface area (Å²) < 4.78 is 3.98. The number of nitrogen functional groups attached to an aromatic ring is 3. The first-order chi connectivity index (χ1) is 6.00. The minimum absolute atomic E-state index is 0.456. The van der Waals surface area contributed by atoms with Crippen LogP contribution in [-0.2, 0) is 0 Å². The highest BCUT2D eigenvalue weighted by molar-refractivity contribution is 14.1. The molecule has 1 aromatic carbocycles. The van der Waals surface area contributed by atoms with E-state index < -0.39 is 0 Å². The largest absolute Gasteiger partial charge is 0.397 e. The second-order valence-corrected chi connectivity index (χ2v) is 4.27. The number of nitrogens with one attached hydrogen (secondary N) is 1. The lowest BCUT2D eigenvalue weighted by Gasteiger charge is -2.14. The van der Waals surface area contributed by atoms with Crippen LogP contribution in [0.2, 0.25) is 0 Å². The number of nitrogens with two attached hydrogens (primary N) is 3. The molecule has 0 aliphatic heterocycles. The van der Waals surface area contributed by atoms with E-state index in [2.05, 4.69) is 26.1 Å². The molecule has 1 rings (SSSR count). The van der Waals surface area contributed by atoms with Crippen molar-refractivity contribution in [2.45, 2.75) is 6.92 Å². The molecule has 13 heavy (non-hydrogen) atoms. The van der Waals surface area contributed by atoms with Crippen LogP contribution < -0.4 is 20.7 Å². The molecule has 0 heterocycles. The lowest BCUT2D eigenvalue weighted by atomic mass is 10.1. The van der Waals surface area contributed by atoms with Crippen LogP contribution in [0, 0.1) is 10.5 Å². The van der Waals surface area contributed by atoms with Gasteiger partial charge in [0.25, 0.3) is 0 Å². The van der Waals surface area contributed by atoms with Crippen molar-refractivity contribution >= 4 is 68.2 Å². The van der Waals surface area contributed by atoms with Gasteiger partial charge in [-0.2, -0.15) is 0 Å². The fourth-order valence-corrected chi connectivity index (χ4v) is 2.79. The summed E-state index contributed by atoms with van der Waals surface area (Å²) in [6, 6.07) is 0. The molecular formula is C7H10I2N4. The van der Waals surface area contributed by atoms with E-state index in [-0.39, 0.29) is 0 Å². The van der Waals surface area contributed by atoms with Crippen molar-refractivity contribution in [2.24, 2.45) is 0 Å². The molecule has 0 bridgehead atoms. The van der Waals surface area contributed by atoms with Crippen LogP contribution in [0.4, 0.5) is 22.7 Å². The van der Waals surface area contributed by atoms with Crippen molar-refractivity contribution in [2.75, 3.05) is 20.7 Å². The van der Waals surface area contributed by atoms with E-state index in [1.165, 1.54) is 0 Å². The van der Waals surface area contributed by atoms with E-state index >= 15 is 0 Å². The summed E-state index contributed by atoms with van der Waals surface area (Å²) in [6.45, 7) is 1.92. The van der Waals surface area contributed by atoms with Gasteiger partial charge in [-0.3, -0.25) is 0 Å². The normalized spacial score (nSPS) is 10.1. The number of rotatable bonds is 1. The quantitative estimate of drug-likeness (QED) is 0.328. The molecule has 0 aliphatic carbocycles. The van der Waals surface area contributed by atoms with Gasteiger partial charge >= 0.3 is 0 Å². The zero-order valence-electron chi connectivity index (χ0n) is 6.99. The fraction of sp³-hybridized carbons (Fsp3) is 0.143. The Hall–Kier alpha value is -0.120. The molecular weight excluding hydrogens is 394 g/mol. The highest BCUT2D eigenvalue weighted by atomic mass is 127. The Morgan fingerprint density at radius 2 is 1.62 bits per heavy atom. The summed E-state index contributed by atoms with van der Waals surface area (Å²) in [6.07, 6.45) is 0. The molecule has 7 N–H and O–H groups in total. The lowest BCUT2D eigenvalue weighted by Crippen LogP contribution is -2.06. The summed E-state index contributed by atoms with van der Waals surface area (Å²) in [5.74, 6) is 0. The van der Waals surface area contributed by atoms with E-state index in [0.717, 1.165) is 14.8 Å². The molecule has 4 nitrogen and oxygen atoms in total. The highest BCUT2D eigenvalue weighted by Gasteiger charge is 2.14. The van der Waals surface area contributed by atoms with E-state index in [4.69, 9.17) is 17.2 Å². The van der Waals surface area contributed by atoms with Crippen molar-refractivity contribution in [3.05, 3.63) is 9.13 Å². The zero-order valence-corrected chi connectivity index (χ0v) is 11.3. The van der Waals surface area contributed by atoms with E-state index in [9.17, 15) is 0 Å². The molecule has 0 amide bonds. The predicted octanol–water partition coefficient (Wildman–Crippen LogP) is 2.11. The summed E-state index contributed by atoms with van der Waals surface area (Å²) >= 11 is 4.21. The fourth-order valence-electron chi connectivity index (χ4n) is 0.998. The summed E-state index contributed by atoms with van der Waals surface area (Å²) in [5.41, 5.74) is 20.6. The number of benzene rings is 1. The molecule has 0 saturated heterocycles. The van der Waals surface area contributed by atoms with E-state index in [0.29, 0.717) is 17.1 Å². The van der Waals surface area contributed by atoms with Crippen molar-refractivity contribution in [3.63, 3.8) is 0 Å². The van der Waals surface area contributed by atoms with E-state index in [1.54, 1.807) is 0 Å². The van der Waals surface area contributed by atoms with Gasteiger partial charge in [0, 0.05) is 3.57 Å². The van der Waals surface area contributed by atoms with Gasteiger partial charge in [-0.15, -0.1) is 0 Å². The molecule has 0 atom stereocenters. The van der Waals surface area contributed by atoms with Gasteiger partial charge in [0.1, 0.15) is 0 Å². The van der Waals surface area contributed by atoms with Gasteiger partial charge in [0.15, 0.2) is 0 Å². The topological polar surface area (TPSA) is 90.1 Å². The monoisotopic (exact) mass is 404 g/mol. The molecule has 0 aliphatic rings. The minimum Gasteiger partial charge on any atom is -0.397 e. The molecule has 0 unspecified atom stereocenters. The Bertz CT molecular complexity index is 322. The molecule has 0 spiro atoms. The zero-order chi connectivity index (χ0) is 10.2. The third-order valence-corrected chi connectivity index (χ3v) is 3.78. The molecule has 72 valence electrons. The molecule has 0 radical (unpaired) electrons. The second kappa shape index (κ2) is 3.95. The van der Waals surface area contributed by atoms with Gasteiger partial charge < -0.3 is 20.7 Å². The Labute approximate surface area is 104 Å². The maximum absolute atomic E-state index is 5.79. The van der Waals surface area contributed by atoms with Crippen LogP contribution in [0.5, 0.6) is 0 Å². The van der Waals surface area contributed by atoms with Crippen molar-refractivity contribution in [1.29, 1.82) is 0 Å². The third-order valence-electron chi connectivity index (χ3n) is 1.90. The smallest absolute Gasteiger partial charge is 0.0823 e. The van der Waals surface area contributed by atoms with Crippen LogP contribution in [0.3, 0.4) is 0 Å². The van der Waals surface area contributed by atoms with Gasteiger partial charge in [0.05, 0.1) is 45.6 Å². The number of hydrogen-bond acceptors (Lipinski definition) is 4. The lowest BCUT2D eigenvalue weighted by molar-refractivity contribution is 1.43. The molecule has 1 aromatic rings. The van der Waals surface area contributed by atoms with E-state index in [1.807, 2.05) is 29.8 Å². The minimum atomic E-state index is 0.456. The van der Waals surface area contributed by atoms with Crippen LogP contribution in [-0.4, -0.2) is 0 Å². The average Bonchev–Trinajstić information content (AvgIpc) is 2.13. The molecule has 6 heteroatoms. The average molecular weight is 404 g/mol. The number of anilines is 4. The molecule has 0 saturated carbocycles. The second-order valence-electron chi connectivity index (χ2n) is 2.65. The maximum atomic E-state index is 5.79. The van der Waals surface area contributed by atoms with Gasteiger partial charge in [-0.25, -0.2) is 0 Å². The van der Waals surface area contributed by atoms with Gasteiger partial charge in [-0.1, -0.05) is 0 Å². The maximum Gasteiger partial charge on any atom is 0.0823 e. The first-order valence-electron chi connectivity index (χ1n) is 3.49. The van der Waals surface area contributed by atoms with Crippen molar-refractivity contribution in [3.8, 4) is 0 Å². The molecule has 0 aromatic heterocycles. The van der Waals surface area contributed by atoms with Crippen LogP contribution >= 0.6 is 45.5 Å². The third kappa shape index (κ3) is 1.73. The Morgan fingerprint density at radius 3 is 2.08 bits per heavy atom. The van der Waals surface area contributed by atoms with Crippen molar-refractivity contribution < 1.29 is 0 Å². The highest BCUT2D eigenvalue weighted by Crippen LogP contribution is 2.39. The summed E-state index contributed by atoms with van der Waals surface area (Å²) in [7, 11) is 0. The first kappa shape index (κ1) is 11.0. The Kier molecular flexibility index (Phi) is 3.33. The van der Waals surface area contributed by atoms with Gasteiger partial charge in [0.2, 0.25) is 0 Å². The summed E-state index contributed by atoms with van der Waals surface area (Å²) in [5, 5.41) is 0. The predicted molar refractivity (Wildman–Crippen MR) is 74.8 cm³/mol. The Balaban J connectivity index is 3.56. The van der Waals surface area contributed by atoms with Crippen LogP contribution in [0.25, 0.3) is 0 Å². The molecule has 0 fully saturated rings. The number of hydrogen-bond donors (Lipinski definition) is 4. The Morgan fingerprint density at radius 1 is 1.08 bits per heavy atom. The standard InChI is InChI=1S/C7H10I2N4/c1-2-3(8)7(13-9)6(12)5(11)4(2)10/h13H,10-12H2,1H3. The van der Waals surface area contributed by atoms with Gasteiger partial charge in [-0.05, 0) is 35.1 Å². The number of halogens is 2. The summed E-state index contributed by atoms with van der Waals surface area (Å²) in [4.78, 5) is 0.